The fourth-order valence-electron chi connectivity index (χ4n) is 2.28. The molecule has 21 heavy (non-hydrogen) atoms. The molecule has 0 bridgehead atoms. The first-order chi connectivity index (χ1) is 9.99. The summed E-state index contributed by atoms with van der Waals surface area (Å²) in [5, 5.41) is 5.82. The lowest BCUT2D eigenvalue weighted by molar-refractivity contribution is 0.370. The molecule has 0 saturated heterocycles. The molecule has 0 atom stereocenters. The van der Waals surface area contributed by atoms with Crippen molar-refractivity contribution >= 4 is 11.3 Å². The Hall–Kier alpha value is -1.87. The third-order valence-electron chi connectivity index (χ3n) is 3.15. The van der Waals surface area contributed by atoms with Gasteiger partial charge in [0.25, 0.3) is 0 Å². The average Bonchev–Trinajstić information content (AvgIpc) is 2.43. The van der Waals surface area contributed by atoms with E-state index in [0.717, 1.165) is 29.7 Å². The van der Waals surface area contributed by atoms with E-state index < -0.39 is 0 Å². The number of hydrogen-bond acceptors (Lipinski definition) is 3. The van der Waals surface area contributed by atoms with Crippen LogP contribution in [0.25, 0.3) is 5.57 Å². The van der Waals surface area contributed by atoms with Crippen LogP contribution in [-0.2, 0) is 6.42 Å². The van der Waals surface area contributed by atoms with E-state index in [0.29, 0.717) is 0 Å². The van der Waals surface area contributed by atoms with Gasteiger partial charge in [-0.15, -0.1) is 0 Å². The Bertz CT molecular complexity index is 525. The van der Waals surface area contributed by atoms with Crippen molar-refractivity contribution in [2.24, 2.45) is 16.9 Å². The molecule has 0 saturated carbocycles. The lowest BCUT2D eigenvalue weighted by atomic mass is 9.92. The summed E-state index contributed by atoms with van der Waals surface area (Å²) in [6.45, 7) is 10.3. The minimum absolute atomic E-state index is 0.275. The molecule has 0 aliphatic heterocycles. The molecule has 0 aliphatic carbocycles. The van der Waals surface area contributed by atoms with Crippen LogP contribution in [-0.4, -0.2) is 17.9 Å². The van der Waals surface area contributed by atoms with Crippen molar-refractivity contribution in [1.82, 2.24) is 5.12 Å². The molecule has 1 aromatic rings. The quantitative estimate of drug-likeness (QED) is 0.356. The molecule has 1 aromatic carbocycles. The molecule has 0 spiro atoms. The second kappa shape index (κ2) is 8.42. The Labute approximate surface area is 128 Å². The van der Waals surface area contributed by atoms with Gasteiger partial charge in [-0.3, -0.25) is 0 Å². The summed E-state index contributed by atoms with van der Waals surface area (Å²) in [5.74, 6) is 5.99. The highest BCUT2D eigenvalue weighted by Gasteiger charge is 2.14. The van der Waals surface area contributed by atoms with Crippen molar-refractivity contribution in [2.75, 3.05) is 7.05 Å². The number of hydrogen-bond donors (Lipinski definition) is 1. The Morgan fingerprint density at radius 1 is 1.43 bits per heavy atom. The fraction of sp³-hybridized carbons (Fsp3) is 0.389. The highest BCUT2D eigenvalue weighted by atomic mass is 15.6. The van der Waals surface area contributed by atoms with E-state index >= 15 is 0 Å². The molecule has 0 radical (unpaired) electrons. The minimum Gasteiger partial charge on any atom is -0.235 e. The Kier molecular flexibility index (Phi) is 6.89. The summed E-state index contributed by atoms with van der Waals surface area (Å²) in [6.07, 6.45) is 6.03. The number of aryl methyl sites for hydroxylation is 1. The first kappa shape index (κ1) is 17.2. The van der Waals surface area contributed by atoms with Crippen molar-refractivity contribution < 1.29 is 0 Å². The molecular formula is C18H27N3. The van der Waals surface area contributed by atoms with Crippen LogP contribution in [0.3, 0.4) is 0 Å². The van der Waals surface area contributed by atoms with Crippen molar-refractivity contribution in [3.63, 3.8) is 0 Å². The Morgan fingerprint density at radius 2 is 2.14 bits per heavy atom. The number of allylic oxidation sites excluding steroid dienone is 3. The van der Waals surface area contributed by atoms with Gasteiger partial charge in [-0.25, -0.2) is 11.0 Å². The number of hydrazine groups is 1. The Morgan fingerprint density at radius 3 is 2.67 bits per heavy atom. The molecule has 2 N–H and O–H groups in total. The summed E-state index contributed by atoms with van der Waals surface area (Å²) in [6, 6.07) is 8.61. The van der Waals surface area contributed by atoms with E-state index in [2.05, 4.69) is 56.7 Å². The normalized spacial score (nSPS) is 12.7. The number of rotatable bonds is 7. The van der Waals surface area contributed by atoms with Gasteiger partial charge in [0.15, 0.2) is 0 Å². The third kappa shape index (κ3) is 5.20. The molecular weight excluding hydrogens is 258 g/mol. The predicted molar refractivity (Wildman–Crippen MR) is 92.8 cm³/mol. The van der Waals surface area contributed by atoms with Crippen LogP contribution in [0.4, 0.5) is 0 Å². The maximum absolute atomic E-state index is 5.71. The Balaban J connectivity index is 3.32. The van der Waals surface area contributed by atoms with E-state index in [1.165, 1.54) is 10.7 Å². The van der Waals surface area contributed by atoms with E-state index in [4.69, 9.17) is 5.84 Å². The smallest absolute Gasteiger partial charge is 0.0724 e. The number of benzene rings is 1. The second-order valence-corrected chi connectivity index (χ2v) is 5.48. The third-order valence-corrected chi connectivity index (χ3v) is 3.15. The molecule has 3 nitrogen and oxygen atoms in total. The van der Waals surface area contributed by atoms with Crippen LogP contribution in [0.2, 0.25) is 0 Å². The zero-order valence-corrected chi connectivity index (χ0v) is 13.6. The number of nitrogens with zero attached hydrogens (tertiary/aromatic N) is 2. The molecule has 0 aromatic heterocycles. The highest BCUT2D eigenvalue weighted by molar-refractivity contribution is 6.24. The molecule has 0 heterocycles. The van der Waals surface area contributed by atoms with Crippen molar-refractivity contribution in [3.8, 4) is 0 Å². The summed E-state index contributed by atoms with van der Waals surface area (Å²) < 4.78 is 0. The summed E-state index contributed by atoms with van der Waals surface area (Å²) >= 11 is 0. The van der Waals surface area contributed by atoms with E-state index in [1.807, 2.05) is 6.08 Å². The molecule has 1 rings (SSSR count). The minimum atomic E-state index is 0.275. The topological polar surface area (TPSA) is 41.6 Å². The van der Waals surface area contributed by atoms with Crippen molar-refractivity contribution in [2.45, 2.75) is 33.6 Å². The van der Waals surface area contributed by atoms with Crippen molar-refractivity contribution in [1.29, 1.82) is 0 Å². The van der Waals surface area contributed by atoms with Crippen LogP contribution in [0.5, 0.6) is 0 Å². The lowest BCUT2D eigenvalue weighted by Gasteiger charge is -2.17. The van der Waals surface area contributed by atoms with Gasteiger partial charge in [-0.1, -0.05) is 70.2 Å². The molecule has 0 fully saturated rings. The summed E-state index contributed by atoms with van der Waals surface area (Å²) in [4.78, 5) is 0. The predicted octanol–water partition coefficient (Wildman–Crippen LogP) is 4.03. The number of hydrazone groups is 1. The van der Waals surface area contributed by atoms with Crippen LogP contribution < -0.4 is 5.84 Å². The molecule has 3 heteroatoms. The first-order valence-corrected chi connectivity index (χ1v) is 7.48. The maximum atomic E-state index is 5.71. The van der Waals surface area contributed by atoms with E-state index in [9.17, 15) is 0 Å². The van der Waals surface area contributed by atoms with Gasteiger partial charge in [0.1, 0.15) is 0 Å². The van der Waals surface area contributed by atoms with Crippen LogP contribution in [0.15, 0.2) is 48.1 Å². The van der Waals surface area contributed by atoms with Crippen LogP contribution in [0, 0.1) is 5.92 Å². The van der Waals surface area contributed by atoms with Gasteiger partial charge in [-0.2, -0.15) is 5.10 Å². The van der Waals surface area contributed by atoms with E-state index in [-0.39, 0.29) is 5.92 Å². The first-order valence-electron chi connectivity index (χ1n) is 7.48. The standard InChI is InChI=1S/C18H27N3/c1-6-9-15-11-8-12-16(13-15)17(10-7-2)18(14(3)4)20-21(5)19/h7-8,10-14H,2,6,9,19H2,1,3-5H3/b17-10-,20-18-. The molecule has 0 aliphatic rings. The molecule has 0 amide bonds. The maximum Gasteiger partial charge on any atom is 0.0724 e. The van der Waals surface area contributed by atoms with E-state index in [1.54, 1.807) is 13.1 Å². The zero-order valence-electron chi connectivity index (χ0n) is 13.6. The highest BCUT2D eigenvalue weighted by Crippen LogP contribution is 2.22. The molecule has 0 unspecified atom stereocenters. The van der Waals surface area contributed by atoms with Crippen LogP contribution in [0.1, 0.15) is 38.3 Å². The summed E-state index contributed by atoms with van der Waals surface area (Å²) in [5.41, 5.74) is 4.55. The van der Waals surface area contributed by atoms with Crippen molar-refractivity contribution in [3.05, 3.63) is 54.1 Å². The zero-order chi connectivity index (χ0) is 15.8. The largest absolute Gasteiger partial charge is 0.235 e. The average molecular weight is 285 g/mol. The monoisotopic (exact) mass is 285 g/mol. The molecule has 114 valence electrons. The summed E-state index contributed by atoms with van der Waals surface area (Å²) in [7, 11) is 1.74. The van der Waals surface area contributed by atoms with Gasteiger partial charge >= 0.3 is 0 Å². The van der Waals surface area contributed by atoms with Gasteiger partial charge < -0.3 is 0 Å². The van der Waals surface area contributed by atoms with Gasteiger partial charge in [0.2, 0.25) is 0 Å². The van der Waals surface area contributed by atoms with Gasteiger partial charge in [-0.05, 0) is 23.5 Å². The van der Waals surface area contributed by atoms with Gasteiger partial charge in [0.05, 0.1) is 5.71 Å². The lowest BCUT2D eigenvalue weighted by Crippen LogP contribution is -2.24. The SMILES string of the molecule is C=C/C=C(\C(=N/N(C)N)C(C)C)c1cccc(CCC)c1. The fourth-order valence-corrected chi connectivity index (χ4v) is 2.28. The second-order valence-electron chi connectivity index (χ2n) is 5.48. The number of nitrogens with two attached hydrogens (primary N) is 1. The van der Waals surface area contributed by atoms with Gasteiger partial charge in [0, 0.05) is 12.6 Å². The van der Waals surface area contributed by atoms with Crippen LogP contribution >= 0.6 is 0 Å².